The third-order valence-electron chi connectivity index (χ3n) is 19.9. The van der Waals surface area contributed by atoms with Crippen molar-refractivity contribution in [2.24, 2.45) is 35.5 Å². The second-order valence-corrected chi connectivity index (χ2v) is 55.3. The summed E-state index contributed by atoms with van der Waals surface area (Å²) in [5, 5.41) is 9.90. The summed E-state index contributed by atoms with van der Waals surface area (Å²) in [4.78, 5) is 24.9. The van der Waals surface area contributed by atoms with E-state index in [1.54, 1.807) is 0 Å². The van der Waals surface area contributed by atoms with E-state index in [-0.39, 0.29) is 0 Å². The van der Waals surface area contributed by atoms with Crippen LogP contribution in [0.1, 0.15) is 76.1 Å². The highest BCUT2D eigenvalue weighted by Gasteiger charge is 2.40. The summed E-state index contributed by atoms with van der Waals surface area (Å²) in [5.74, 6) is 6.95. The fourth-order valence-corrected chi connectivity index (χ4v) is 17.1. The molecule has 6 aromatic heterocycles. The first-order valence-electron chi connectivity index (χ1n) is 35.2. The first-order valence-corrected chi connectivity index (χ1v) is 50.0. The van der Waals surface area contributed by atoms with Gasteiger partial charge in [0.1, 0.15) is 38.6 Å². The van der Waals surface area contributed by atoms with Crippen molar-refractivity contribution in [3.8, 4) is 44.8 Å². The topological polar surface area (TPSA) is 130 Å². The number of rotatable bonds is 28. The van der Waals surface area contributed by atoms with E-state index in [2.05, 4.69) is 181 Å². The lowest BCUT2D eigenvalue weighted by Crippen LogP contribution is -2.33. The SMILES string of the molecule is CC1CC2C=C(c3cc(N(COCC[Si](C)(C)C)COCC[Si](C)(C)C)n4ncc(-c5ccc(-c6ccccc6)nc5)c4n3)CC1C2.CC1CC2CC(c3cc(N(COCC[Si](C)(C)C)COCC[Si](C)(C)C)n4ncc(-c5ccc(-c6ccccc6)nc5)c4n3)CC1C2. The summed E-state index contributed by atoms with van der Waals surface area (Å²) in [6.45, 7) is 38.5. The predicted octanol–water partition coefficient (Wildman–Crippen LogP) is 18.8. The van der Waals surface area contributed by atoms with Crippen LogP contribution in [0.15, 0.2) is 128 Å². The first kappa shape index (κ1) is 69.4. The summed E-state index contributed by atoms with van der Waals surface area (Å²) >= 11 is 0. The van der Waals surface area contributed by atoms with Gasteiger partial charge in [-0.25, -0.2) is 9.97 Å². The third-order valence-corrected chi connectivity index (χ3v) is 26.8. The molecule has 502 valence electrons. The van der Waals surface area contributed by atoms with Crippen molar-refractivity contribution in [2.45, 2.75) is 167 Å². The van der Waals surface area contributed by atoms with Crippen LogP contribution in [0, 0.1) is 35.5 Å². The highest BCUT2D eigenvalue weighted by molar-refractivity contribution is 6.77. The molecule has 0 saturated heterocycles. The number of nitrogens with zero attached hydrogens (tertiary/aromatic N) is 10. The van der Waals surface area contributed by atoms with Gasteiger partial charge in [0, 0.05) is 128 Å². The van der Waals surface area contributed by atoms with Gasteiger partial charge >= 0.3 is 0 Å². The average Bonchev–Trinajstić information content (AvgIpc) is 1.57. The fraction of sp³-hybridized carbons (Fsp3) is 0.526. The Hall–Kier alpha value is -5.97. The Morgan fingerprint density at radius 2 is 0.904 bits per heavy atom. The van der Waals surface area contributed by atoms with E-state index in [4.69, 9.17) is 49.1 Å². The zero-order valence-electron chi connectivity index (χ0n) is 59.2. The molecule has 4 bridgehead atoms. The monoisotopic (exact) mass is 1340 g/mol. The molecule has 3 fully saturated rings. The molecule has 7 unspecified atom stereocenters. The fourth-order valence-electron chi connectivity index (χ4n) is 14.1. The summed E-state index contributed by atoms with van der Waals surface area (Å²) in [6, 6.07) is 38.2. The van der Waals surface area contributed by atoms with E-state index >= 15 is 0 Å². The Morgan fingerprint density at radius 1 is 0.447 bits per heavy atom. The zero-order valence-corrected chi connectivity index (χ0v) is 63.2. The molecule has 0 N–H and O–H groups in total. The maximum atomic E-state index is 6.38. The van der Waals surface area contributed by atoms with Crippen molar-refractivity contribution in [1.82, 2.24) is 39.2 Å². The van der Waals surface area contributed by atoms with Gasteiger partial charge in [0.05, 0.1) is 29.5 Å². The number of hydrogen-bond donors (Lipinski definition) is 0. The number of anilines is 2. The molecule has 0 aliphatic heterocycles. The van der Waals surface area contributed by atoms with E-state index in [1.807, 2.05) is 58.1 Å². The van der Waals surface area contributed by atoms with Crippen LogP contribution < -0.4 is 9.80 Å². The van der Waals surface area contributed by atoms with Crippen molar-refractivity contribution in [2.75, 3.05) is 63.2 Å². The van der Waals surface area contributed by atoms with Gasteiger partial charge < -0.3 is 28.7 Å². The summed E-state index contributed by atoms with van der Waals surface area (Å²) in [6.07, 6.45) is 19.2. The van der Waals surface area contributed by atoms with E-state index < -0.39 is 32.3 Å². The highest BCUT2D eigenvalue weighted by Crippen LogP contribution is 2.52. The molecule has 0 radical (unpaired) electrons. The lowest BCUT2D eigenvalue weighted by Gasteiger charge is -2.30. The number of aromatic nitrogens is 8. The lowest BCUT2D eigenvalue weighted by molar-refractivity contribution is 0.0940. The molecule has 6 heterocycles. The van der Waals surface area contributed by atoms with Crippen LogP contribution >= 0.6 is 0 Å². The molecule has 18 heteroatoms. The van der Waals surface area contributed by atoms with Crippen LogP contribution in [0.25, 0.3) is 61.6 Å². The molecule has 14 nitrogen and oxygen atoms in total. The zero-order chi connectivity index (χ0) is 66.4. The van der Waals surface area contributed by atoms with E-state index in [9.17, 15) is 0 Å². The molecule has 12 rings (SSSR count). The number of fused-ring (bicyclic) bond motifs is 6. The number of ether oxygens (including phenoxy) is 4. The Morgan fingerprint density at radius 3 is 1.34 bits per heavy atom. The molecule has 2 aromatic carbocycles. The van der Waals surface area contributed by atoms with Crippen molar-refractivity contribution < 1.29 is 18.9 Å². The molecule has 4 aliphatic rings. The molecule has 0 spiro atoms. The van der Waals surface area contributed by atoms with E-state index in [0.717, 1.165) is 160 Å². The predicted molar refractivity (Wildman–Crippen MR) is 399 cm³/mol. The van der Waals surface area contributed by atoms with Gasteiger partial charge in [-0.2, -0.15) is 19.2 Å². The van der Waals surface area contributed by atoms with Gasteiger partial charge in [-0.05, 0) is 122 Å². The molecule has 94 heavy (non-hydrogen) atoms. The van der Waals surface area contributed by atoms with Crippen molar-refractivity contribution in [1.29, 1.82) is 0 Å². The summed E-state index contributed by atoms with van der Waals surface area (Å²) in [7, 11) is -4.86. The van der Waals surface area contributed by atoms with Gasteiger partial charge in [-0.3, -0.25) is 9.97 Å². The van der Waals surface area contributed by atoms with Gasteiger partial charge in [0.2, 0.25) is 0 Å². The maximum absolute atomic E-state index is 6.38. The Bertz CT molecular complexity index is 3730. The van der Waals surface area contributed by atoms with Crippen LogP contribution in [0.2, 0.25) is 103 Å². The van der Waals surface area contributed by atoms with Gasteiger partial charge in [-0.15, -0.1) is 0 Å². The Kier molecular flexibility index (Phi) is 22.3. The maximum Gasteiger partial charge on any atom is 0.165 e. The summed E-state index contributed by atoms with van der Waals surface area (Å²) < 4.78 is 29.5. The first-order chi connectivity index (χ1) is 44.9. The molecule has 7 atom stereocenters. The smallest absolute Gasteiger partial charge is 0.165 e. The van der Waals surface area contributed by atoms with Gasteiger partial charge in [-0.1, -0.05) is 171 Å². The minimum atomic E-state index is -1.22. The molecule has 3 saturated carbocycles. The molecular weight excluding hydrogens is 1230 g/mol. The average molecular weight is 1340 g/mol. The van der Waals surface area contributed by atoms with E-state index in [0.29, 0.717) is 38.8 Å². The highest BCUT2D eigenvalue weighted by atomic mass is 28.3. The van der Waals surface area contributed by atoms with Crippen LogP contribution in [0.3, 0.4) is 0 Å². The van der Waals surface area contributed by atoms with Gasteiger partial charge in [0.15, 0.2) is 11.3 Å². The number of hydrogen-bond acceptors (Lipinski definition) is 12. The standard InChI is InChI=1S/C38H55N5O2Si2.C38H53N5O2Si2/c2*1-28-19-29-20-32(28)22-33(21-29)36-23-37(42(26-44-15-17-46(2,3)4)27-45-16-18-47(5,6)7)43-38(41-36)34(25-40-43)31-13-14-35(39-24-31)30-11-9-8-10-12-30/h8-14,23-25,28-29,32-33H,15-22,26-27H2,1-7H3;8-14,21,23-25,28-29,32H,15-20,22,26-27H2,1-7H3. The second-order valence-electron chi connectivity index (χ2n) is 32.8. The Labute approximate surface area is 565 Å². The molecule has 4 aliphatic carbocycles. The van der Waals surface area contributed by atoms with Gasteiger partial charge in [0.25, 0.3) is 0 Å². The van der Waals surface area contributed by atoms with Crippen LogP contribution in [-0.2, 0) is 18.9 Å². The third kappa shape index (κ3) is 18.4. The number of pyridine rings is 2. The van der Waals surface area contributed by atoms with Crippen LogP contribution in [0.4, 0.5) is 11.6 Å². The van der Waals surface area contributed by atoms with Crippen molar-refractivity contribution >= 4 is 60.8 Å². The molecule has 8 aromatic rings. The normalized spacial score (nSPS) is 20.6. The second kappa shape index (κ2) is 30.2. The minimum Gasteiger partial charge on any atom is -0.361 e. The lowest BCUT2D eigenvalue weighted by atomic mass is 9.78. The minimum absolute atomic E-state index is 0.444. The quantitative estimate of drug-likeness (QED) is 0.0263. The van der Waals surface area contributed by atoms with Crippen LogP contribution in [0.5, 0.6) is 0 Å². The number of benzene rings is 2. The molecule has 0 amide bonds. The largest absolute Gasteiger partial charge is 0.361 e. The van der Waals surface area contributed by atoms with E-state index in [1.165, 1.54) is 49.8 Å². The number of allylic oxidation sites excluding steroid dienone is 2. The molecular formula is C76H108N10O4Si4. The Balaban J connectivity index is 0.000000192. The van der Waals surface area contributed by atoms with Crippen molar-refractivity contribution in [3.05, 3.63) is 139 Å². The van der Waals surface area contributed by atoms with Crippen LogP contribution in [-0.4, -0.2) is 125 Å². The summed E-state index contributed by atoms with van der Waals surface area (Å²) in [5.41, 5.74) is 13.5. The van der Waals surface area contributed by atoms with Crippen molar-refractivity contribution in [3.63, 3.8) is 0 Å².